The second kappa shape index (κ2) is 23.6. The van der Waals surface area contributed by atoms with Crippen LogP contribution in [0, 0.1) is 83.1 Å². The molecule has 0 aliphatic heterocycles. The summed E-state index contributed by atoms with van der Waals surface area (Å²) in [7, 11) is 1.00. The molecule has 0 fully saturated rings. The Bertz CT molecular complexity index is 1200. The van der Waals surface area contributed by atoms with E-state index in [1.165, 1.54) is 22.3 Å². The van der Waals surface area contributed by atoms with Gasteiger partial charge in [0.2, 0.25) is 0 Å². The molecule has 0 amide bonds. The van der Waals surface area contributed by atoms with Crippen molar-refractivity contribution in [1.29, 1.82) is 0 Å². The monoisotopic (exact) mass is 776 g/mol. The summed E-state index contributed by atoms with van der Waals surface area (Å²) in [4.78, 5) is 10.7. The summed E-state index contributed by atoms with van der Waals surface area (Å²) in [5.41, 5.74) is 14.9. The van der Waals surface area contributed by atoms with E-state index >= 15 is 0 Å². The minimum atomic E-state index is 0. The van der Waals surface area contributed by atoms with Gasteiger partial charge in [0.25, 0.3) is 0 Å². The zero-order valence-corrected chi connectivity index (χ0v) is 34.7. The fourth-order valence-corrected chi connectivity index (χ4v) is 4.61. The molecule has 0 heterocycles. The fraction of sp³-hybridized carbons (Fsp3) is 0.378. The number of phenols is 3. The largest absolute Gasteiger partial charge is 0.507 e. The molecular formula is C37H58O6Y2. The Kier molecular flexibility index (Phi) is 27.7. The molecule has 2 radical (unpaired) electrons. The van der Waals surface area contributed by atoms with Crippen molar-refractivity contribution in [2.75, 3.05) is 7.11 Å². The first-order chi connectivity index (χ1) is 19.0. The SMILES string of the molecule is C.C=Cc1c(C)c(C)c(C)c(C)c1O.C=Cc1c(C)c(C)c(C)c(C)c1O.CO.Cc1c(C)c(C)c(C=O)c(O)c1C.O.[HH].[Y].[Y]. The molecule has 0 saturated carbocycles. The maximum atomic E-state index is 10.7. The van der Waals surface area contributed by atoms with Gasteiger partial charge in [-0.2, -0.15) is 0 Å². The molecule has 0 spiro atoms. The third-order valence-electron chi connectivity index (χ3n) is 8.63. The first kappa shape index (κ1) is 52.9. The standard InChI is InChI=1S/2C12H16O.C11H14O2.CH4O.CH4.H2O.2Y.H2/c2*1-6-11-9(4)7(2)8(3)10(5)12(11)13;1-6-7(2)9(4)11(13)10(5-12)8(6)3;1-2;;;;;/h2*6,13H,1H2,2-5H3;5,13H,1-4H3;2H,1H3;1H4;1H2;;;1H. The fourth-order valence-electron chi connectivity index (χ4n) is 4.61. The van der Waals surface area contributed by atoms with E-state index in [1.54, 1.807) is 12.2 Å². The number of carbonyl (C=O) groups excluding carboxylic acids is 1. The molecule has 3 aromatic rings. The van der Waals surface area contributed by atoms with Crippen LogP contribution in [0.25, 0.3) is 12.2 Å². The number of rotatable bonds is 3. The van der Waals surface area contributed by atoms with Crippen LogP contribution in [-0.2, 0) is 65.4 Å². The molecule has 248 valence electrons. The number of phenolic OH excluding ortho intramolecular Hbond substituents is 3. The zero-order valence-electron chi connectivity index (χ0n) is 29.0. The van der Waals surface area contributed by atoms with E-state index in [4.69, 9.17) is 5.11 Å². The smallest absolute Gasteiger partial charge is 0.154 e. The molecule has 0 saturated heterocycles. The molecule has 0 atom stereocenters. The number of aliphatic hydroxyl groups excluding tert-OH is 1. The molecule has 3 rings (SSSR count). The number of aromatic hydroxyl groups is 3. The van der Waals surface area contributed by atoms with Gasteiger partial charge in [0.1, 0.15) is 17.2 Å². The van der Waals surface area contributed by atoms with Crippen LogP contribution in [0.15, 0.2) is 13.2 Å². The van der Waals surface area contributed by atoms with Crippen LogP contribution in [0.2, 0.25) is 0 Å². The molecule has 0 bridgehead atoms. The number of carbonyl (C=O) groups is 1. The quantitative estimate of drug-likeness (QED) is 0.198. The Hall–Kier alpha value is -1.66. The van der Waals surface area contributed by atoms with Crippen molar-refractivity contribution in [2.24, 2.45) is 0 Å². The predicted octanol–water partition coefficient (Wildman–Crippen LogP) is 8.64. The number of hydrogen-bond donors (Lipinski definition) is 4. The van der Waals surface area contributed by atoms with E-state index < -0.39 is 0 Å². The Morgan fingerprint density at radius 1 is 0.444 bits per heavy atom. The third kappa shape index (κ3) is 11.8. The van der Waals surface area contributed by atoms with E-state index in [2.05, 4.69) is 27.0 Å². The van der Waals surface area contributed by atoms with E-state index in [0.29, 0.717) is 23.3 Å². The maximum Gasteiger partial charge on any atom is 0.154 e. The number of aliphatic hydroxyl groups is 1. The maximum absolute atomic E-state index is 10.7. The van der Waals surface area contributed by atoms with E-state index in [9.17, 15) is 20.1 Å². The Balaban J connectivity index is -0.000000120. The second-order valence-electron chi connectivity index (χ2n) is 10.3. The predicted molar refractivity (Wildman–Crippen MR) is 187 cm³/mol. The minimum Gasteiger partial charge on any atom is -0.507 e. The Morgan fingerprint density at radius 2 is 0.622 bits per heavy atom. The molecule has 8 heteroatoms. The Labute approximate surface area is 324 Å². The Morgan fingerprint density at radius 3 is 0.822 bits per heavy atom. The molecule has 0 aromatic heterocycles. The first-order valence-electron chi connectivity index (χ1n) is 13.5. The number of aldehydes is 1. The molecule has 0 aliphatic carbocycles. The van der Waals surface area contributed by atoms with Gasteiger partial charge >= 0.3 is 0 Å². The zero-order chi connectivity index (χ0) is 32.5. The van der Waals surface area contributed by atoms with Crippen LogP contribution in [0.1, 0.15) is 97.1 Å². The van der Waals surface area contributed by atoms with Gasteiger partial charge in [-0.1, -0.05) is 32.7 Å². The molecule has 3 aromatic carbocycles. The van der Waals surface area contributed by atoms with Gasteiger partial charge in [-0.3, -0.25) is 4.79 Å². The molecule has 0 unspecified atom stereocenters. The van der Waals surface area contributed by atoms with Crippen LogP contribution in [0.3, 0.4) is 0 Å². The van der Waals surface area contributed by atoms with Gasteiger partial charge < -0.3 is 25.9 Å². The topological polar surface area (TPSA) is 129 Å². The van der Waals surface area contributed by atoms with E-state index in [-0.39, 0.29) is 85.5 Å². The van der Waals surface area contributed by atoms with E-state index in [1.807, 2.05) is 69.2 Å². The van der Waals surface area contributed by atoms with Crippen molar-refractivity contribution in [2.45, 2.75) is 90.5 Å². The molecular weight excluding hydrogens is 718 g/mol. The molecule has 6 nitrogen and oxygen atoms in total. The van der Waals surface area contributed by atoms with Crippen molar-refractivity contribution in [1.82, 2.24) is 0 Å². The summed E-state index contributed by atoms with van der Waals surface area (Å²) in [6.45, 7) is 31.1. The second-order valence-corrected chi connectivity index (χ2v) is 10.3. The van der Waals surface area contributed by atoms with Crippen LogP contribution < -0.4 is 0 Å². The van der Waals surface area contributed by atoms with Gasteiger partial charge in [-0.15, -0.1) is 0 Å². The van der Waals surface area contributed by atoms with Gasteiger partial charge in [-0.05, 0) is 150 Å². The van der Waals surface area contributed by atoms with Crippen molar-refractivity contribution in [3.8, 4) is 17.2 Å². The summed E-state index contributed by atoms with van der Waals surface area (Å²) < 4.78 is 0. The molecule has 6 N–H and O–H groups in total. The number of benzene rings is 3. The summed E-state index contributed by atoms with van der Waals surface area (Å²) in [5, 5.41) is 36.3. The first-order valence-corrected chi connectivity index (χ1v) is 13.5. The van der Waals surface area contributed by atoms with Crippen LogP contribution in [-0.4, -0.2) is 39.3 Å². The summed E-state index contributed by atoms with van der Waals surface area (Å²) >= 11 is 0. The third-order valence-corrected chi connectivity index (χ3v) is 8.63. The van der Waals surface area contributed by atoms with Gasteiger partial charge in [0.05, 0.1) is 5.56 Å². The van der Waals surface area contributed by atoms with Gasteiger partial charge in [0, 0.05) is 85.1 Å². The summed E-state index contributed by atoms with van der Waals surface area (Å²) in [6, 6.07) is 0. The molecule has 0 aliphatic rings. The van der Waals surface area contributed by atoms with Gasteiger partial charge in [-0.25, -0.2) is 0 Å². The van der Waals surface area contributed by atoms with Gasteiger partial charge in [0.15, 0.2) is 6.29 Å². The normalized spacial score (nSPS) is 8.93. The van der Waals surface area contributed by atoms with Crippen molar-refractivity contribution in [3.05, 3.63) is 96.6 Å². The van der Waals surface area contributed by atoms with Crippen molar-refractivity contribution in [3.63, 3.8) is 0 Å². The molecule has 45 heavy (non-hydrogen) atoms. The minimum absolute atomic E-state index is 0. The average molecular weight is 777 g/mol. The summed E-state index contributed by atoms with van der Waals surface area (Å²) in [6.07, 6.45) is 4.14. The van der Waals surface area contributed by atoms with Crippen molar-refractivity contribution < 1.29 is 97.5 Å². The van der Waals surface area contributed by atoms with Crippen molar-refractivity contribution >= 4 is 18.4 Å². The summed E-state index contributed by atoms with van der Waals surface area (Å²) in [5.74, 6) is 0.863. The number of hydrogen-bond acceptors (Lipinski definition) is 5. The van der Waals surface area contributed by atoms with Crippen LogP contribution in [0.4, 0.5) is 0 Å². The average Bonchev–Trinajstić information content (AvgIpc) is 2.97. The van der Waals surface area contributed by atoms with E-state index in [0.717, 1.165) is 62.7 Å². The van der Waals surface area contributed by atoms with Crippen LogP contribution in [0.5, 0.6) is 17.2 Å². The van der Waals surface area contributed by atoms with Crippen LogP contribution >= 0.6 is 0 Å².